The Morgan fingerprint density at radius 3 is 2.89 bits per heavy atom. The molecule has 0 saturated heterocycles. The van der Waals surface area contributed by atoms with E-state index < -0.39 is 0 Å². The number of nitrogens with two attached hydrogens (primary N) is 1. The molecular weight excluding hydrogens is 318 g/mol. The van der Waals surface area contributed by atoms with Crippen molar-refractivity contribution in [2.45, 2.75) is 13.5 Å². The fraction of sp³-hybridized carbons (Fsp3) is 0.167. The van der Waals surface area contributed by atoms with Gasteiger partial charge in [-0.2, -0.15) is 5.10 Å². The van der Waals surface area contributed by atoms with Gasteiger partial charge in [0.2, 0.25) is 5.78 Å². The molecule has 0 aliphatic carbocycles. The van der Waals surface area contributed by atoms with Gasteiger partial charge in [-0.05, 0) is 41.1 Å². The van der Waals surface area contributed by atoms with Crippen molar-refractivity contribution in [3.8, 4) is 0 Å². The van der Waals surface area contributed by atoms with E-state index in [9.17, 15) is 4.79 Å². The highest BCUT2D eigenvalue weighted by atomic mass is 79.9. The zero-order valence-electron chi connectivity index (χ0n) is 9.65. The van der Waals surface area contributed by atoms with Crippen LogP contribution in [0.5, 0.6) is 0 Å². The van der Waals surface area contributed by atoms with Gasteiger partial charge in [-0.15, -0.1) is 0 Å². The average molecular weight is 329 g/mol. The van der Waals surface area contributed by atoms with Crippen molar-refractivity contribution in [3.05, 3.63) is 45.1 Å². The van der Waals surface area contributed by atoms with E-state index in [1.807, 2.05) is 6.92 Å². The number of nitrogens with zero attached hydrogens (tertiary/aromatic N) is 2. The molecule has 1 heterocycles. The molecule has 2 N–H and O–H groups in total. The van der Waals surface area contributed by atoms with Crippen molar-refractivity contribution in [1.82, 2.24) is 9.78 Å². The third-order valence-electron chi connectivity index (χ3n) is 2.57. The number of hydrogen-bond donors (Lipinski definition) is 1. The van der Waals surface area contributed by atoms with Gasteiger partial charge in [0.15, 0.2) is 0 Å². The van der Waals surface area contributed by atoms with Gasteiger partial charge in [-0.25, -0.2) is 0 Å². The number of ketones is 1. The van der Waals surface area contributed by atoms with E-state index in [0.717, 1.165) is 0 Å². The minimum Gasteiger partial charge on any atom is -0.398 e. The third kappa shape index (κ3) is 2.28. The number of hydrogen-bond acceptors (Lipinski definition) is 3. The molecule has 0 aliphatic rings. The summed E-state index contributed by atoms with van der Waals surface area (Å²) < 4.78 is 2.31. The summed E-state index contributed by atoms with van der Waals surface area (Å²) in [5.74, 6) is -0.135. The van der Waals surface area contributed by atoms with Gasteiger partial charge >= 0.3 is 0 Å². The Hall–Kier alpha value is -1.33. The zero-order valence-corrected chi connectivity index (χ0v) is 12.0. The van der Waals surface area contributed by atoms with E-state index in [-0.39, 0.29) is 5.78 Å². The lowest BCUT2D eigenvalue weighted by Gasteiger charge is -2.06. The largest absolute Gasteiger partial charge is 0.398 e. The smallest absolute Gasteiger partial charge is 0.212 e. The predicted octanol–water partition coefficient (Wildman–Crippen LogP) is 3.13. The topological polar surface area (TPSA) is 60.9 Å². The Bertz CT molecular complexity index is 609. The summed E-state index contributed by atoms with van der Waals surface area (Å²) in [6, 6.07) is 4.84. The number of anilines is 1. The quantitative estimate of drug-likeness (QED) is 0.695. The Morgan fingerprint density at radius 1 is 1.56 bits per heavy atom. The Morgan fingerprint density at radius 2 is 2.28 bits per heavy atom. The van der Waals surface area contributed by atoms with Gasteiger partial charge in [-0.3, -0.25) is 9.48 Å². The van der Waals surface area contributed by atoms with Crippen molar-refractivity contribution < 1.29 is 4.79 Å². The molecule has 4 nitrogen and oxygen atoms in total. The summed E-state index contributed by atoms with van der Waals surface area (Å²) in [6.45, 7) is 2.54. The number of rotatable bonds is 3. The number of carbonyl (C=O) groups excluding carboxylic acids is 1. The number of nitrogen functional groups attached to an aromatic ring is 1. The van der Waals surface area contributed by atoms with Crippen molar-refractivity contribution in [2.75, 3.05) is 5.73 Å². The highest BCUT2D eigenvalue weighted by Crippen LogP contribution is 2.24. The second-order valence-corrected chi connectivity index (χ2v) is 4.98. The molecule has 18 heavy (non-hydrogen) atoms. The van der Waals surface area contributed by atoms with Crippen LogP contribution in [0.1, 0.15) is 23.0 Å². The number of carbonyl (C=O) groups is 1. The van der Waals surface area contributed by atoms with E-state index in [1.165, 1.54) is 0 Å². The van der Waals surface area contributed by atoms with Crippen molar-refractivity contribution in [3.63, 3.8) is 0 Å². The first-order chi connectivity index (χ1) is 8.54. The van der Waals surface area contributed by atoms with E-state index in [4.69, 9.17) is 17.3 Å². The molecule has 0 unspecified atom stereocenters. The van der Waals surface area contributed by atoms with Gasteiger partial charge in [-0.1, -0.05) is 11.6 Å². The molecule has 1 aromatic carbocycles. The van der Waals surface area contributed by atoms with Crippen LogP contribution in [0, 0.1) is 0 Å². The SMILES string of the molecule is CCn1ncc(Br)c1C(=O)c1ccc(Cl)c(N)c1. The molecule has 0 saturated carbocycles. The molecule has 0 aliphatic heterocycles. The van der Waals surface area contributed by atoms with Gasteiger partial charge in [0.05, 0.1) is 21.4 Å². The van der Waals surface area contributed by atoms with Crippen LogP contribution in [0.15, 0.2) is 28.9 Å². The van der Waals surface area contributed by atoms with Gasteiger partial charge in [0, 0.05) is 12.1 Å². The minimum absolute atomic E-state index is 0.135. The van der Waals surface area contributed by atoms with Crippen LogP contribution in [-0.4, -0.2) is 15.6 Å². The summed E-state index contributed by atoms with van der Waals surface area (Å²) >= 11 is 9.16. The standard InChI is InChI=1S/C12H11BrClN3O/c1-2-17-11(8(13)6-16-17)12(18)7-3-4-9(14)10(15)5-7/h3-6H,2,15H2,1H3. The summed E-state index contributed by atoms with van der Waals surface area (Å²) in [5, 5.41) is 4.55. The molecule has 0 spiro atoms. The highest BCUT2D eigenvalue weighted by molar-refractivity contribution is 9.10. The summed E-state index contributed by atoms with van der Waals surface area (Å²) in [5.41, 5.74) is 7.10. The Balaban J connectivity index is 2.47. The van der Waals surface area contributed by atoms with Crippen LogP contribution in [0.25, 0.3) is 0 Å². The number of aromatic nitrogens is 2. The monoisotopic (exact) mass is 327 g/mol. The fourth-order valence-electron chi connectivity index (χ4n) is 1.65. The molecule has 6 heteroatoms. The maximum atomic E-state index is 12.4. The Kier molecular flexibility index (Phi) is 3.73. The molecule has 2 rings (SSSR count). The summed E-state index contributed by atoms with van der Waals surface area (Å²) in [4.78, 5) is 12.4. The second-order valence-electron chi connectivity index (χ2n) is 3.72. The normalized spacial score (nSPS) is 10.6. The van der Waals surface area contributed by atoms with Crippen LogP contribution >= 0.6 is 27.5 Å². The number of benzene rings is 1. The van der Waals surface area contributed by atoms with Crippen molar-refractivity contribution in [1.29, 1.82) is 0 Å². The first-order valence-electron chi connectivity index (χ1n) is 5.35. The molecule has 2 aromatic rings. The molecule has 0 atom stereocenters. The predicted molar refractivity (Wildman–Crippen MR) is 74.9 cm³/mol. The number of aryl methyl sites for hydroxylation is 1. The van der Waals surface area contributed by atoms with Crippen LogP contribution in [-0.2, 0) is 6.54 Å². The second kappa shape index (κ2) is 5.12. The maximum absolute atomic E-state index is 12.4. The Labute approximate surface area is 118 Å². The van der Waals surface area contributed by atoms with E-state index >= 15 is 0 Å². The first kappa shape index (κ1) is 13.1. The van der Waals surface area contributed by atoms with Gasteiger partial charge in [0.25, 0.3) is 0 Å². The summed E-state index contributed by atoms with van der Waals surface area (Å²) in [6.07, 6.45) is 1.61. The van der Waals surface area contributed by atoms with Crippen LogP contribution in [0.3, 0.4) is 0 Å². The molecule has 1 aromatic heterocycles. The molecular formula is C12H11BrClN3O. The van der Waals surface area contributed by atoms with Crippen LogP contribution in [0.2, 0.25) is 5.02 Å². The number of halogens is 2. The van der Waals surface area contributed by atoms with Gasteiger partial charge < -0.3 is 5.73 Å². The molecule has 0 fully saturated rings. The summed E-state index contributed by atoms with van der Waals surface area (Å²) in [7, 11) is 0. The molecule has 0 amide bonds. The maximum Gasteiger partial charge on any atom is 0.212 e. The molecule has 94 valence electrons. The van der Waals surface area contributed by atoms with Crippen molar-refractivity contribution in [2.24, 2.45) is 0 Å². The average Bonchev–Trinajstić information content (AvgIpc) is 2.73. The first-order valence-corrected chi connectivity index (χ1v) is 6.52. The molecule has 0 bridgehead atoms. The highest BCUT2D eigenvalue weighted by Gasteiger charge is 2.18. The van der Waals surface area contributed by atoms with Crippen molar-refractivity contribution >= 4 is 39.0 Å². The van der Waals surface area contributed by atoms with Crippen LogP contribution in [0.4, 0.5) is 5.69 Å². The zero-order chi connectivity index (χ0) is 13.3. The lowest BCUT2D eigenvalue weighted by Crippen LogP contribution is -2.11. The fourth-order valence-corrected chi connectivity index (χ4v) is 2.24. The van der Waals surface area contributed by atoms with Gasteiger partial charge in [0.1, 0.15) is 5.69 Å². The van der Waals surface area contributed by atoms with E-state index in [1.54, 1.807) is 29.1 Å². The van der Waals surface area contributed by atoms with E-state index in [2.05, 4.69) is 21.0 Å². The lowest BCUT2D eigenvalue weighted by molar-refractivity contribution is 0.102. The lowest BCUT2D eigenvalue weighted by atomic mass is 10.1. The van der Waals surface area contributed by atoms with Crippen LogP contribution < -0.4 is 5.73 Å². The third-order valence-corrected chi connectivity index (χ3v) is 3.49. The van der Waals surface area contributed by atoms with E-state index in [0.29, 0.717) is 33.0 Å². The molecule has 0 radical (unpaired) electrons. The minimum atomic E-state index is -0.135.